The summed E-state index contributed by atoms with van der Waals surface area (Å²) >= 11 is 0. The molecule has 0 atom stereocenters. The average Bonchev–Trinajstić information content (AvgIpc) is 2.46. The fourth-order valence-corrected chi connectivity index (χ4v) is 3.23. The van der Waals surface area contributed by atoms with Gasteiger partial charge in [0.25, 0.3) is 0 Å². The second-order valence-corrected chi connectivity index (χ2v) is 7.27. The van der Waals surface area contributed by atoms with E-state index < -0.39 is 10.0 Å². The number of nitrogens with one attached hydrogen (secondary N) is 1. The summed E-state index contributed by atoms with van der Waals surface area (Å²) in [5.74, 6) is 0.248. The molecule has 22 heavy (non-hydrogen) atoms. The second kappa shape index (κ2) is 7.94. The minimum atomic E-state index is -3.28. The Morgan fingerprint density at radius 1 is 1.23 bits per heavy atom. The van der Waals surface area contributed by atoms with Gasteiger partial charge in [0.1, 0.15) is 0 Å². The molecular weight excluding hydrogens is 324 g/mol. The zero-order chi connectivity index (χ0) is 15.5. The Kier molecular flexibility index (Phi) is 6.84. The van der Waals surface area contributed by atoms with E-state index in [0.717, 1.165) is 38.7 Å². The second-order valence-electron chi connectivity index (χ2n) is 5.52. The first-order valence-electron chi connectivity index (χ1n) is 7.23. The fourth-order valence-electron chi connectivity index (χ4n) is 2.66. The third-order valence-electron chi connectivity index (χ3n) is 3.88. The van der Waals surface area contributed by atoms with Gasteiger partial charge in [-0.1, -0.05) is 6.92 Å². The SMILES string of the molecule is CCN1CCC(C(=O)c2ccc(NS(C)(=O)=O)cc2)CC1.Cl. The van der Waals surface area contributed by atoms with Crippen molar-refractivity contribution in [1.82, 2.24) is 4.90 Å². The van der Waals surface area contributed by atoms with Crippen molar-refractivity contribution in [3.63, 3.8) is 0 Å². The molecule has 0 bridgehead atoms. The van der Waals surface area contributed by atoms with Gasteiger partial charge in [0.05, 0.1) is 6.26 Å². The number of sulfonamides is 1. The summed E-state index contributed by atoms with van der Waals surface area (Å²) < 4.78 is 24.7. The molecule has 0 amide bonds. The molecular formula is C15H23ClN2O3S. The van der Waals surface area contributed by atoms with Crippen LogP contribution in [0.2, 0.25) is 0 Å². The highest BCUT2D eigenvalue weighted by Crippen LogP contribution is 2.22. The van der Waals surface area contributed by atoms with Gasteiger partial charge in [-0.25, -0.2) is 8.42 Å². The number of benzene rings is 1. The number of hydrogen-bond acceptors (Lipinski definition) is 4. The van der Waals surface area contributed by atoms with E-state index in [9.17, 15) is 13.2 Å². The number of rotatable bonds is 5. The Balaban J connectivity index is 0.00000242. The lowest BCUT2D eigenvalue weighted by Gasteiger charge is -2.30. The molecule has 0 aromatic heterocycles. The van der Waals surface area contributed by atoms with Crippen LogP contribution in [-0.4, -0.2) is 45.0 Å². The molecule has 0 aliphatic carbocycles. The third-order valence-corrected chi connectivity index (χ3v) is 4.48. The van der Waals surface area contributed by atoms with Crippen LogP contribution in [0.25, 0.3) is 0 Å². The molecule has 2 rings (SSSR count). The zero-order valence-corrected chi connectivity index (χ0v) is 14.5. The molecule has 1 aromatic rings. The average molecular weight is 347 g/mol. The predicted octanol–water partition coefficient (Wildman–Crippen LogP) is 2.39. The van der Waals surface area contributed by atoms with E-state index in [1.54, 1.807) is 24.3 Å². The van der Waals surface area contributed by atoms with E-state index in [1.807, 2.05) is 0 Å². The molecule has 0 unspecified atom stereocenters. The van der Waals surface area contributed by atoms with Gasteiger partial charge in [0.2, 0.25) is 10.0 Å². The standard InChI is InChI=1S/C15H22N2O3S.ClH/c1-3-17-10-8-13(9-11-17)15(18)12-4-6-14(7-5-12)16-21(2,19)20;/h4-7,13,16H,3,8-11H2,1-2H3;1H. The van der Waals surface area contributed by atoms with Crippen molar-refractivity contribution in [2.24, 2.45) is 5.92 Å². The number of carbonyl (C=O) groups is 1. The molecule has 1 fully saturated rings. The smallest absolute Gasteiger partial charge is 0.229 e. The number of Topliss-reactive ketones (excluding diaryl/α,β-unsaturated/α-hetero) is 1. The summed E-state index contributed by atoms with van der Waals surface area (Å²) in [6.07, 6.45) is 2.90. The number of likely N-dealkylation sites (tertiary alicyclic amines) is 1. The van der Waals surface area contributed by atoms with Crippen LogP contribution in [0.5, 0.6) is 0 Å². The molecule has 5 nitrogen and oxygen atoms in total. The molecule has 1 saturated heterocycles. The van der Waals surface area contributed by atoms with Gasteiger partial charge in [-0.15, -0.1) is 12.4 Å². The maximum Gasteiger partial charge on any atom is 0.229 e. The van der Waals surface area contributed by atoms with Gasteiger partial charge in [-0.3, -0.25) is 9.52 Å². The van der Waals surface area contributed by atoms with Gasteiger partial charge in [-0.2, -0.15) is 0 Å². The summed E-state index contributed by atoms with van der Waals surface area (Å²) in [5, 5.41) is 0. The molecule has 1 heterocycles. The van der Waals surface area contributed by atoms with Crippen molar-refractivity contribution < 1.29 is 13.2 Å². The number of nitrogens with zero attached hydrogens (tertiary/aromatic N) is 1. The topological polar surface area (TPSA) is 66.5 Å². The highest BCUT2D eigenvalue weighted by Gasteiger charge is 2.25. The molecule has 7 heteroatoms. The number of ketones is 1. The number of hydrogen-bond donors (Lipinski definition) is 1. The molecule has 0 saturated carbocycles. The van der Waals surface area contributed by atoms with E-state index in [-0.39, 0.29) is 24.1 Å². The predicted molar refractivity (Wildman–Crippen MR) is 91.3 cm³/mol. The molecule has 0 radical (unpaired) electrons. The normalized spacial score (nSPS) is 16.8. The van der Waals surface area contributed by atoms with E-state index in [0.29, 0.717) is 11.3 Å². The summed E-state index contributed by atoms with van der Waals surface area (Å²) in [6.45, 7) is 5.11. The lowest BCUT2D eigenvalue weighted by Crippen LogP contribution is -2.36. The van der Waals surface area contributed by atoms with E-state index >= 15 is 0 Å². The number of carbonyl (C=O) groups excluding carboxylic acids is 1. The first-order valence-corrected chi connectivity index (χ1v) is 9.12. The van der Waals surface area contributed by atoms with Crippen LogP contribution in [0.3, 0.4) is 0 Å². The lowest BCUT2D eigenvalue weighted by atomic mass is 9.89. The van der Waals surface area contributed by atoms with Crippen LogP contribution in [0.15, 0.2) is 24.3 Å². The van der Waals surface area contributed by atoms with Crippen molar-refractivity contribution in [3.8, 4) is 0 Å². The molecule has 1 N–H and O–H groups in total. The zero-order valence-electron chi connectivity index (χ0n) is 12.9. The van der Waals surface area contributed by atoms with E-state index in [1.165, 1.54) is 0 Å². The summed E-state index contributed by atoms with van der Waals surface area (Å²) in [4.78, 5) is 14.8. The Morgan fingerprint density at radius 3 is 2.23 bits per heavy atom. The quantitative estimate of drug-likeness (QED) is 0.831. The van der Waals surface area contributed by atoms with Crippen molar-refractivity contribution in [2.75, 3.05) is 30.6 Å². The van der Waals surface area contributed by atoms with Gasteiger partial charge in [-0.05, 0) is 56.7 Å². The minimum Gasteiger partial charge on any atom is -0.304 e. The third kappa shape index (κ3) is 5.26. The van der Waals surface area contributed by atoms with Gasteiger partial charge in [0, 0.05) is 17.2 Å². The van der Waals surface area contributed by atoms with Crippen LogP contribution >= 0.6 is 12.4 Å². The Bertz CT molecular complexity index is 594. The van der Waals surface area contributed by atoms with Crippen LogP contribution in [0.4, 0.5) is 5.69 Å². The molecule has 0 spiro atoms. The van der Waals surface area contributed by atoms with Crippen LogP contribution < -0.4 is 4.72 Å². The van der Waals surface area contributed by atoms with Gasteiger partial charge < -0.3 is 4.90 Å². The van der Waals surface area contributed by atoms with E-state index in [2.05, 4.69) is 16.5 Å². The highest BCUT2D eigenvalue weighted by atomic mass is 35.5. The van der Waals surface area contributed by atoms with Gasteiger partial charge >= 0.3 is 0 Å². The molecule has 1 aromatic carbocycles. The highest BCUT2D eigenvalue weighted by molar-refractivity contribution is 7.92. The van der Waals surface area contributed by atoms with Gasteiger partial charge in [0.15, 0.2) is 5.78 Å². The van der Waals surface area contributed by atoms with Crippen LogP contribution in [-0.2, 0) is 10.0 Å². The van der Waals surface area contributed by atoms with Crippen molar-refractivity contribution in [2.45, 2.75) is 19.8 Å². The summed E-state index contributed by atoms with van der Waals surface area (Å²) in [7, 11) is -3.28. The minimum absolute atomic E-state index is 0. The fraction of sp³-hybridized carbons (Fsp3) is 0.533. The first-order chi connectivity index (χ1) is 9.89. The number of halogens is 1. The van der Waals surface area contributed by atoms with Crippen molar-refractivity contribution in [3.05, 3.63) is 29.8 Å². The molecule has 1 aliphatic heterocycles. The largest absolute Gasteiger partial charge is 0.304 e. The van der Waals surface area contributed by atoms with Crippen molar-refractivity contribution in [1.29, 1.82) is 0 Å². The molecule has 124 valence electrons. The summed E-state index contributed by atoms with van der Waals surface area (Å²) in [5.41, 5.74) is 1.14. The Labute approximate surface area is 138 Å². The Hall–Kier alpha value is -1.11. The Morgan fingerprint density at radius 2 is 1.77 bits per heavy atom. The monoisotopic (exact) mass is 346 g/mol. The van der Waals surface area contributed by atoms with E-state index in [4.69, 9.17) is 0 Å². The molecule has 1 aliphatic rings. The van der Waals surface area contributed by atoms with Crippen LogP contribution in [0, 0.1) is 5.92 Å². The number of piperidine rings is 1. The van der Waals surface area contributed by atoms with Crippen molar-refractivity contribution >= 4 is 33.9 Å². The summed E-state index contributed by atoms with van der Waals surface area (Å²) in [6, 6.07) is 6.66. The first kappa shape index (κ1) is 18.9. The van der Waals surface area contributed by atoms with Crippen LogP contribution in [0.1, 0.15) is 30.1 Å². The maximum absolute atomic E-state index is 12.4. The maximum atomic E-state index is 12.4. The lowest BCUT2D eigenvalue weighted by molar-refractivity contribution is 0.0844. The number of anilines is 1.